The second kappa shape index (κ2) is 14.7. The minimum absolute atomic E-state index is 0.331. The van der Waals surface area contributed by atoms with Crippen LogP contribution in [0.25, 0.3) is 0 Å². The van der Waals surface area contributed by atoms with Gasteiger partial charge in [0.15, 0.2) is 15.7 Å². The monoisotopic (exact) mass is 559 g/mol. The van der Waals surface area contributed by atoms with Crippen molar-refractivity contribution in [2.75, 3.05) is 19.5 Å². The Morgan fingerprint density at radius 3 is 2.54 bits per heavy atom. The van der Waals surface area contributed by atoms with Gasteiger partial charge in [-0.05, 0) is 98.3 Å². The second-order valence-corrected chi connectivity index (χ2v) is 14.3. The highest BCUT2D eigenvalue weighted by atomic mass is 32.2. The van der Waals surface area contributed by atoms with Gasteiger partial charge in [0.1, 0.15) is 5.75 Å². The van der Waals surface area contributed by atoms with Crippen molar-refractivity contribution in [2.24, 2.45) is 40.5 Å². The lowest BCUT2D eigenvalue weighted by Crippen LogP contribution is -2.24. The summed E-state index contributed by atoms with van der Waals surface area (Å²) >= 11 is 0. The summed E-state index contributed by atoms with van der Waals surface area (Å²) in [7, 11) is -3.20. The van der Waals surface area contributed by atoms with Crippen LogP contribution in [0.3, 0.4) is 0 Å². The molecule has 3 rings (SSSR count). The minimum Gasteiger partial charge on any atom is -0.493 e. The van der Waals surface area contributed by atoms with E-state index in [9.17, 15) is 8.42 Å². The molecule has 0 bridgehead atoms. The van der Waals surface area contributed by atoms with Crippen molar-refractivity contribution < 1.29 is 17.9 Å². The van der Waals surface area contributed by atoms with Crippen LogP contribution in [-0.4, -0.2) is 33.8 Å². The third-order valence-electron chi connectivity index (χ3n) is 8.85. The number of rotatable bonds is 15. The molecule has 0 saturated heterocycles. The van der Waals surface area contributed by atoms with E-state index in [1.165, 1.54) is 44.1 Å². The van der Waals surface area contributed by atoms with Crippen molar-refractivity contribution in [1.29, 1.82) is 0 Å². The topological polar surface area (TPSA) is 65.0 Å². The molecule has 5 nitrogen and oxygen atoms in total. The van der Waals surface area contributed by atoms with E-state index in [1.54, 1.807) is 12.1 Å². The molecule has 0 amide bonds. The lowest BCUT2D eigenvalue weighted by molar-refractivity contribution is 0.247. The van der Waals surface area contributed by atoms with E-state index >= 15 is 0 Å². The zero-order chi connectivity index (χ0) is 28.6. The quantitative estimate of drug-likeness (QED) is 0.217. The summed E-state index contributed by atoms with van der Waals surface area (Å²) in [6, 6.07) is 5.25. The SMILES string of the molecule is CCCC(CCC(C)C(C)C1=NC(C(C)C)=CCCCO1)C1CC1CCOc1ccc(S(C)(=O)=O)cc1CC. The highest BCUT2D eigenvalue weighted by molar-refractivity contribution is 7.90. The van der Waals surface area contributed by atoms with Crippen LogP contribution in [0.1, 0.15) is 98.5 Å². The van der Waals surface area contributed by atoms with Gasteiger partial charge < -0.3 is 9.47 Å². The van der Waals surface area contributed by atoms with Crippen LogP contribution < -0.4 is 4.74 Å². The number of allylic oxidation sites excluding steroid dienone is 2. The average molecular weight is 560 g/mol. The maximum Gasteiger partial charge on any atom is 0.191 e. The number of hydrogen-bond acceptors (Lipinski definition) is 5. The standard InChI is InChI=1S/C33H53NO4S/c1-8-12-27(15-14-24(5)25(6)33-34-31(23(3)4)13-10-11-19-38-33)30-22-28(30)18-20-37-32-17-16-29(39(7,35)36)21-26(32)9-2/h13,16-17,21,23-25,27-28,30H,8-12,14-15,18-20,22H2,1-7H3. The van der Waals surface area contributed by atoms with Gasteiger partial charge in [0, 0.05) is 17.9 Å². The minimum atomic E-state index is -3.20. The summed E-state index contributed by atoms with van der Waals surface area (Å²) in [5.41, 5.74) is 2.14. The first kappa shape index (κ1) is 31.7. The molecule has 6 heteroatoms. The first-order chi connectivity index (χ1) is 18.5. The fraction of sp³-hybridized carbons (Fsp3) is 0.727. The Kier molecular flexibility index (Phi) is 12.0. The molecule has 220 valence electrons. The summed E-state index contributed by atoms with van der Waals surface area (Å²) in [6.07, 6.45) is 13.8. The van der Waals surface area contributed by atoms with Crippen LogP contribution >= 0.6 is 0 Å². The molecule has 2 aliphatic rings. The van der Waals surface area contributed by atoms with E-state index in [1.807, 2.05) is 13.0 Å². The van der Waals surface area contributed by atoms with Crippen molar-refractivity contribution in [2.45, 2.75) is 104 Å². The molecule has 1 heterocycles. The van der Waals surface area contributed by atoms with E-state index in [4.69, 9.17) is 14.5 Å². The van der Waals surface area contributed by atoms with Gasteiger partial charge in [-0.3, -0.25) is 0 Å². The second-order valence-electron chi connectivity index (χ2n) is 12.3. The van der Waals surface area contributed by atoms with Gasteiger partial charge in [0.05, 0.1) is 18.1 Å². The van der Waals surface area contributed by atoms with Gasteiger partial charge >= 0.3 is 0 Å². The molecule has 39 heavy (non-hydrogen) atoms. The molecule has 1 aromatic carbocycles. The highest BCUT2D eigenvalue weighted by Gasteiger charge is 2.41. The fourth-order valence-corrected chi connectivity index (χ4v) is 6.60. The van der Waals surface area contributed by atoms with E-state index in [0.29, 0.717) is 29.3 Å². The normalized spacial score (nSPS) is 22.2. The summed E-state index contributed by atoms with van der Waals surface area (Å²) in [6.45, 7) is 14.9. The van der Waals surface area contributed by atoms with E-state index in [2.05, 4.69) is 40.7 Å². The van der Waals surface area contributed by atoms with Gasteiger partial charge in [-0.2, -0.15) is 0 Å². The zero-order valence-corrected chi connectivity index (χ0v) is 26.4. The Labute approximate surface area is 238 Å². The smallest absolute Gasteiger partial charge is 0.191 e. The lowest BCUT2D eigenvalue weighted by atomic mass is 9.84. The summed E-state index contributed by atoms with van der Waals surface area (Å²) in [5, 5.41) is 0. The van der Waals surface area contributed by atoms with Crippen molar-refractivity contribution in [1.82, 2.24) is 0 Å². The molecule has 0 N–H and O–H groups in total. The molecule has 0 aromatic heterocycles. The van der Waals surface area contributed by atoms with Gasteiger partial charge in [-0.15, -0.1) is 0 Å². The Bertz CT molecular complexity index is 1090. The zero-order valence-electron chi connectivity index (χ0n) is 25.5. The maximum atomic E-state index is 11.9. The van der Waals surface area contributed by atoms with Crippen LogP contribution in [0.4, 0.5) is 0 Å². The Morgan fingerprint density at radius 2 is 1.87 bits per heavy atom. The van der Waals surface area contributed by atoms with Crippen molar-refractivity contribution in [3.05, 3.63) is 35.5 Å². The number of benzene rings is 1. The fourth-order valence-electron chi connectivity index (χ4n) is 5.93. The Hall–Kier alpha value is -1.82. The first-order valence-electron chi connectivity index (χ1n) is 15.4. The predicted molar refractivity (Wildman–Crippen MR) is 162 cm³/mol. The number of sulfone groups is 1. The van der Waals surface area contributed by atoms with Crippen LogP contribution in [-0.2, 0) is 21.0 Å². The van der Waals surface area contributed by atoms with Gasteiger partial charge in [-0.25, -0.2) is 13.4 Å². The largest absolute Gasteiger partial charge is 0.493 e. The molecule has 1 saturated carbocycles. The number of nitrogens with zero attached hydrogens (tertiary/aromatic N) is 1. The summed E-state index contributed by atoms with van der Waals surface area (Å²) < 4.78 is 36.1. The van der Waals surface area contributed by atoms with Crippen LogP contribution in [0.15, 0.2) is 39.9 Å². The lowest BCUT2D eigenvalue weighted by Gasteiger charge is -2.26. The molecule has 1 aromatic rings. The molecular formula is C33H53NO4S. The van der Waals surface area contributed by atoms with Crippen molar-refractivity contribution in [3.8, 4) is 5.75 Å². The molecule has 1 fully saturated rings. The van der Waals surface area contributed by atoms with Crippen LogP contribution in [0, 0.1) is 35.5 Å². The third-order valence-corrected chi connectivity index (χ3v) is 9.96. The molecule has 0 radical (unpaired) electrons. The third kappa shape index (κ3) is 9.37. The number of aliphatic imine (C=N–C) groups is 1. The van der Waals surface area contributed by atoms with E-state index in [-0.39, 0.29) is 0 Å². The summed E-state index contributed by atoms with van der Waals surface area (Å²) in [5.74, 6) is 5.38. The molecule has 5 unspecified atom stereocenters. The highest BCUT2D eigenvalue weighted by Crippen LogP contribution is 2.50. The van der Waals surface area contributed by atoms with Crippen molar-refractivity contribution in [3.63, 3.8) is 0 Å². The molecular weight excluding hydrogens is 506 g/mol. The molecule has 0 spiro atoms. The number of aryl methyl sites for hydroxylation is 1. The average Bonchev–Trinajstić information content (AvgIpc) is 3.64. The maximum absolute atomic E-state index is 11.9. The molecule has 5 atom stereocenters. The molecule has 1 aliphatic heterocycles. The van der Waals surface area contributed by atoms with E-state index in [0.717, 1.165) is 67.3 Å². The van der Waals surface area contributed by atoms with Gasteiger partial charge in [-0.1, -0.05) is 60.5 Å². The Morgan fingerprint density at radius 1 is 1.10 bits per heavy atom. The Balaban J connectivity index is 1.50. The number of ether oxygens (including phenoxy) is 2. The van der Waals surface area contributed by atoms with E-state index < -0.39 is 9.84 Å². The first-order valence-corrected chi connectivity index (χ1v) is 17.3. The van der Waals surface area contributed by atoms with Crippen LogP contribution in [0.5, 0.6) is 5.75 Å². The van der Waals surface area contributed by atoms with Crippen LogP contribution in [0.2, 0.25) is 0 Å². The summed E-state index contributed by atoms with van der Waals surface area (Å²) in [4.78, 5) is 5.34. The molecule has 1 aliphatic carbocycles. The van der Waals surface area contributed by atoms with Gasteiger partial charge in [0.2, 0.25) is 0 Å². The van der Waals surface area contributed by atoms with Crippen molar-refractivity contribution >= 4 is 15.7 Å². The van der Waals surface area contributed by atoms with Gasteiger partial charge in [0.25, 0.3) is 0 Å². The number of hydrogen-bond donors (Lipinski definition) is 0. The predicted octanol–water partition coefficient (Wildman–Crippen LogP) is 8.28.